The maximum atomic E-state index is 11.1. The van der Waals surface area contributed by atoms with Crippen molar-refractivity contribution in [2.45, 2.75) is 13.8 Å². The highest BCUT2D eigenvalue weighted by Crippen LogP contribution is 2.30. The van der Waals surface area contributed by atoms with E-state index in [1.165, 1.54) is 13.8 Å². The van der Waals surface area contributed by atoms with Crippen LogP contribution in [0.2, 0.25) is 0 Å². The van der Waals surface area contributed by atoms with E-state index in [-0.39, 0.29) is 11.9 Å². The van der Waals surface area contributed by atoms with Gasteiger partial charge in [0.2, 0.25) is 0 Å². The van der Waals surface area contributed by atoms with Gasteiger partial charge in [-0.05, 0) is 59.7 Å². The molecule has 4 rings (SSSR count). The van der Waals surface area contributed by atoms with E-state index in [4.69, 9.17) is 18.9 Å². The third kappa shape index (κ3) is 6.23. The summed E-state index contributed by atoms with van der Waals surface area (Å²) in [7, 11) is 0. The van der Waals surface area contributed by atoms with Crippen molar-refractivity contribution < 1.29 is 28.5 Å². The van der Waals surface area contributed by atoms with Gasteiger partial charge in [-0.2, -0.15) is 0 Å². The molecule has 6 nitrogen and oxygen atoms in total. The van der Waals surface area contributed by atoms with Crippen molar-refractivity contribution in [1.29, 1.82) is 0 Å². The Morgan fingerprint density at radius 1 is 0.471 bits per heavy atom. The molecule has 0 N–H and O–H groups in total. The third-order valence-electron chi connectivity index (χ3n) is 4.65. The lowest BCUT2D eigenvalue weighted by Crippen LogP contribution is -2.01. The number of carbonyl (C=O) groups is 2. The molecule has 6 heteroatoms. The van der Waals surface area contributed by atoms with Gasteiger partial charge in [0.1, 0.15) is 34.5 Å². The van der Waals surface area contributed by atoms with Crippen molar-refractivity contribution >= 4 is 11.9 Å². The maximum Gasteiger partial charge on any atom is 0.308 e. The summed E-state index contributed by atoms with van der Waals surface area (Å²) >= 11 is 0. The van der Waals surface area contributed by atoms with Crippen LogP contribution in [0.5, 0.6) is 34.5 Å². The monoisotopic (exact) mass is 454 g/mol. The number of hydrogen-bond acceptors (Lipinski definition) is 6. The molecule has 170 valence electrons. The topological polar surface area (TPSA) is 71.1 Å². The molecule has 0 aliphatic carbocycles. The van der Waals surface area contributed by atoms with E-state index in [9.17, 15) is 9.59 Å². The Bertz CT molecular complexity index is 1190. The van der Waals surface area contributed by atoms with Crippen molar-refractivity contribution in [2.24, 2.45) is 0 Å². The van der Waals surface area contributed by atoms with E-state index in [2.05, 4.69) is 0 Å². The zero-order chi connectivity index (χ0) is 23.9. The fourth-order valence-corrected chi connectivity index (χ4v) is 3.24. The highest BCUT2D eigenvalue weighted by Gasteiger charge is 2.05. The molecule has 0 aromatic heterocycles. The van der Waals surface area contributed by atoms with Gasteiger partial charge in [0.15, 0.2) is 0 Å². The fraction of sp³-hybridized carbons (Fsp3) is 0.0714. The minimum Gasteiger partial charge on any atom is -0.457 e. The molecule has 0 bridgehead atoms. The van der Waals surface area contributed by atoms with Crippen molar-refractivity contribution in [1.82, 2.24) is 0 Å². The second kappa shape index (κ2) is 10.4. The zero-order valence-corrected chi connectivity index (χ0v) is 18.7. The highest BCUT2D eigenvalue weighted by atomic mass is 16.5. The van der Waals surface area contributed by atoms with Crippen LogP contribution < -0.4 is 18.9 Å². The summed E-state index contributed by atoms with van der Waals surface area (Å²) in [4.78, 5) is 22.3. The Kier molecular flexibility index (Phi) is 6.89. The second-order valence-electron chi connectivity index (χ2n) is 7.39. The summed E-state index contributed by atoms with van der Waals surface area (Å²) in [5.41, 5.74) is 2.04. The van der Waals surface area contributed by atoms with Gasteiger partial charge in [0.05, 0.1) is 0 Å². The Balaban J connectivity index is 1.41. The Morgan fingerprint density at radius 3 is 1.18 bits per heavy atom. The third-order valence-corrected chi connectivity index (χ3v) is 4.65. The number of carbonyl (C=O) groups excluding carboxylic acids is 2. The molecule has 0 saturated carbocycles. The quantitative estimate of drug-likeness (QED) is 0.226. The molecular formula is C28H22O6. The average Bonchev–Trinajstić information content (AvgIpc) is 2.80. The smallest absolute Gasteiger partial charge is 0.308 e. The summed E-state index contributed by atoms with van der Waals surface area (Å²) in [6.07, 6.45) is 0. The zero-order valence-electron chi connectivity index (χ0n) is 18.7. The van der Waals surface area contributed by atoms with Gasteiger partial charge in [0.25, 0.3) is 0 Å². The van der Waals surface area contributed by atoms with E-state index in [1.54, 1.807) is 48.5 Å². The van der Waals surface area contributed by atoms with Crippen LogP contribution in [-0.4, -0.2) is 11.9 Å². The molecule has 0 radical (unpaired) electrons. The van der Waals surface area contributed by atoms with E-state index < -0.39 is 0 Å². The number of benzene rings is 4. The van der Waals surface area contributed by atoms with E-state index in [0.29, 0.717) is 34.5 Å². The number of hydrogen-bond donors (Lipinski definition) is 0. The molecule has 34 heavy (non-hydrogen) atoms. The predicted molar refractivity (Wildman–Crippen MR) is 128 cm³/mol. The molecule has 0 aliphatic rings. The van der Waals surface area contributed by atoms with Gasteiger partial charge < -0.3 is 18.9 Å². The summed E-state index contributed by atoms with van der Waals surface area (Å²) in [6, 6.07) is 29.2. The first-order valence-corrected chi connectivity index (χ1v) is 10.6. The normalized spacial score (nSPS) is 10.3. The maximum absolute atomic E-state index is 11.1. The van der Waals surface area contributed by atoms with Crippen LogP contribution >= 0.6 is 0 Å². The van der Waals surface area contributed by atoms with Crippen LogP contribution in [0.15, 0.2) is 97.1 Å². The minimum absolute atomic E-state index is 0.381. The van der Waals surface area contributed by atoms with Gasteiger partial charge in [-0.15, -0.1) is 0 Å². The summed E-state index contributed by atoms with van der Waals surface area (Å²) in [5, 5.41) is 0. The molecule has 4 aromatic rings. The minimum atomic E-state index is -0.381. The number of esters is 2. The molecule has 0 unspecified atom stereocenters. The number of ether oxygens (including phenoxy) is 4. The molecule has 0 heterocycles. The van der Waals surface area contributed by atoms with Gasteiger partial charge in [-0.1, -0.05) is 36.4 Å². The van der Waals surface area contributed by atoms with Gasteiger partial charge in [0, 0.05) is 26.0 Å². The summed E-state index contributed by atoms with van der Waals surface area (Å²) in [6.45, 7) is 2.71. The Labute approximate surface area is 197 Å². The van der Waals surface area contributed by atoms with E-state index in [1.807, 2.05) is 48.5 Å². The molecule has 0 aliphatic heterocycles. The van der Waals surface area contributed by atoms with Crippen LogP contribution in [-0.2, 0) is 9.59 Å². The van der Waals surface area contributed by atoms with Crippen molar-refractivity contribution in [2.75, 3.05) is 0 Å². The number of rotatable bonds is 7. The van der Waals surface area contributed by atoms with E-state index >= 15 is 0 Å². The second-order valence-corrected chi connectivity index (χ2v) is 7.39. The predicted octanol–water partition coefficient (Wildman–Crippen LogP) is 6.79. The van der Waals surface area contributed by atoms with Crippen molar-refractivity contribution in [3.8, 4) is 45.6 Å². The van der Waals surface area contributed by atoms with Crippen LogP contribution in [0.25, 0.3) is 11.1 Å². The van der Waals surface area contributed by atoms with Crippen LogP contribution in [0.3, 0.4) is 0 Å². The first-order chi connectivity index (χ1) is 16.4. The summed E-state index contributed by atoms with van der Waals surface area (Å²) < 4.78 is 21.9. The SMILES string of the molecule is CC(=O)Oc1cccc(Oc2ccc(-c3ccc(Oc4cccc(OC(C)=O)c4)cc3)cc2)c1. The molecule has 0 spiro atoms. The molecular weight excluding hydrogens is 432 g/mol. The first-order valence-electron chi connectivity index (χ1n) is 10.6. The van der Waals surface area contributed by atoms with Crippen LogP contribution in [0, 0.1) is 0 Å². The van der Waals surface area contributed by atoms with Gasteiger partial charge >= 0.3 is 11.9 Å². The molecule has 0 atom stereocenters. The molecule has 0 amide bonds. The van der Waals surface area contributed by atoms with Gasteiger partial charge in [-0.3, -0.25) is 9.59 Å². The molecule has 0 saturated heterocycles. The first kappa shape index (κ1) is 22.6. The largest absolute Gasteiger partial charge is 0.457 e. The lowest BCUT2D eigenvalue weighted by molar-refractivity contribution is -0.132. The lowest BCUT2D eigenvalue weighted by atomic mass is 10.1. The van der Waals surface area contributed by atoms with Crippen molar-refractivity contribution in [3.05, 3.63) is 97.1 Å². The Hall–Kier alpha value is -4.58. The standard InChI is InChI=1S/C28H22O6/c1-19(29)31-25-5-3-7-27(17-25)33-23-13-9-21(10-14-23)22-11-15-24(16-12-22)34-28-8-4-6-26(18-28)32-20(2)30/h3-18H,1-2H3. The lowest BCUT2D eigenvalue weighted by Gasteiger charge is -2.10. The van der Waals surface area contributed by atoms with Crippen LogP contribution in [0.1, 0.15) is 13.8 Å². The van der Waals surface area contributed by atoms with Gasteiger partial charge in [-0.25, -0.2) is 0 Å². The fourth-order valence-electron chi connectivity index (χ4n) is 3.24. The molecule has 4 aromatic carbocycles. The van der Waals surface area contributed by atoms with Crippen LogP contribution in [0.4, 0.5) is 0 Å². The Morgan fingerprint density at radius 2 is 0.824 bits per heavy atom. The summed E-state index contributed by atoms with van der Waals surface area (Å²) in [5.74, 6) is 2.58. The molecule has 0 fully saturated rings. The van der Waals surface area contributed by atoms with E-state index in [0.717, 1.165) is 11.1 Å². The highest BCUT2D eigenvalue weighted by molar-refractivity contribution is 5.70. The average molecular weight is 454 g/mol. The van der Waals surface area contributed by atoms with Crippen molar-refractivity contribution in [3.63, 3.8) is 0 Å².